The van der Waals surface area contributed by atoms with Gasteiger partial charge in [0.1, 0.15) is 6.10 Å². The van der Waals surface area contributed by atoms with Gasteiger partial charge in [0.15, 0.2) is 0 Å². The Morgan fingerprint density at radius 1 is 1.47 bits per heavy atom. The number of rotatable bonds is 5. The Morgan fingerprint density at radius 2 is 2.24 bits per heavy atom. The zero-order valence-corrected chi connectivity index (χ0v) is 12.1. The van der Waals surface area contributed by atoms with E-state index in [2.05, 4.69) is 22.0 Å². The summed E-state index contributed by atoms with van der Waals surface area (Å²) in [5, 5.41) is 0. The SMILES string of the molecule is O=S(OCCCl)OC1c2ccccc2CC1Br. The molecule has 6 heteroatoms. The lowest BCUT2D eigenvalue weighted by Gasteiger charge is -2.14. The Labute approximate surface area is 116 Å². The van der Waals surface area contributed by atoms with E-state index >= 15 is 0 Å². The fraction of sp³-hybridized carbons (Fsp3) is 0.455. The van der Waals surface area contributed by atoms with Crippen LogP contribution in [0, 0.1) is 0 Å². The summed E-state index contributed by atoms with van der Waals surface area (Å²) >= 11 is 7.24. The van der Waals surface area contributed by atoms with E-state index in [0.29, 0.717) is 5.88 Å². The van der Waals surface area contributed by atoms with Crippen molar-refractivity contribution in [3.05, 3.63) is 35.4 Å². The minimum absolute atomic E-state index is 0.128. The molecule has 1 aliphatic rings. The highest BCUT2D eigenvalue weighted by molar-refractivity contribution is 9.09. The van der Waals surface area contributed by atoms with Crippen LogP contribution >= 0.6 is 27.5 Å². The van der Waals surface area contributed by atoms with Crippen molar-refractivity contribution >= 4 is 38.9 Å². The molecule has 3 atom stereocenters. The first-order valence-electron chi connectivity index (χ1n) is 5.22. The van der Waals surface area contributed by atoms with Gasteiger partial charge in [-0.25, -0.2) is 0 Å². The van der Waals surface area contributed by atoms with Crippen molar-refractivity contribution in [2.45, 2.75) is 17.4 Å². The number of benzene rings is 1. The van der Waals surface area contributed by atoms with E-state index in [1.165, 1.54) is 5.56 Å². The van der Waals surface area contributed by atoms with Crippen molar-refractivity contribution in [1.29, 1.82) is 0 Å². The fourth-order valence-electron chi connectivity index (χ4n) is 1.83. The molecule has 0 radical (unpaired) electrons. The van der Waals surface area contributed by atoms with E-state index in [-0.39, 0.29) is 17.5 Å². The van der Waals surface area contributed by atoms with Crippen LogP contribution < -0.4 is 0 Å². The van der Waals surface area contributed by atoms with Crippen LogP contribution in [0.5, 0.6) is 0 Å². The molecule has 0 bridgehead atoms. The number of hydrogen-bond donors (Lipinski definition) is 0. The summed E-state index contributed by atoms with van der Waals surface area (Å²) in [6.45, 7) is 0.218. The molecule has 0 amide bonds. The minimum atomic E-state index is -1.75. The largest absolute Gasteiger partial charge is 0.305 e. The second kappa shape index (κ2) is 6.29. The van der Waals surface area contributed by atoms with Gasteiger partial charge >= 0.3 is 11.4 Å². The van der Waals surface area contributed by atoms with Gasteiger partial charge in [0.05, 0.1) is 11.4 Å². The van der Waals surface area contributed by atoms with Crippen LogP contribution in [0.15, 0.2) is 24.3 Å². The van der Waals surface area contributed by atoms with Gasteiger partial charge in [0, 0.05) is 5.88 Å². The topological polar surface area (TPSA) is 35.5 Å². The van der Waals surface area contributed by atoms with Gasteiger partial charge < -0.3 is 0 Å². The molecule has 1 aromatic rings. The molecule has 2 rings (SSSR count). The van der Waals surface area contributed by atoms with Crippen LogP contribution in [0.3, 0.4) is 0 Å². The highest BCUT2D eigenvalue weighted by Crippen LogP contribution is 2.38. The number of hydrogen-bond acceptors (Lipinski definition) is 3. The molecule has 1 aromatic carbocycles. The molecule has 3 nitrogen and oxygen atoms in total. The molecule has 94 valence electrons. The fourth-order valence-corrected chi connectivity index (χ4v) is 3.57. The molecule has 0 aliphatic heterocycles. The van der Waals surface area contributed by atoms with Crippen molar-refractivity contribution in [1.82, 2.24) is 0 Å². The predicted octanol–water partition coefficient (Wildman–Crippen LogP) is 2.90. The van der Waals surface area contributed by atoms with Crippen LogP contribution in [0.2, 0.25) is 0 Å². The molecule has 0 aromatic heterocycles. The summed E-state index contributed by atoms with van der Waals surface area (Å²) in [5.41, 5.74) is 2.28. The first-order valence-corrected chi connectivity index (χ1v) is 7.67. The minimum Gasteiger partial charge on any atom is -0.267 e. The van der Waals surface area contributed by atoms with Crippen LogP contribution in [0.1, 0.15) is 17.2 Å². The maximum absolute atomic E-state index is 11.5. The highest BCUT2D eigenvalue weighted by atomic mass is 79.9. The van der Waals surface area contributed by atoms with Crippen LogP contribution in [0.25, 0.3) is 0 Å². The normalized spacial score (nSPS) is 24.6. The van der Waals surface area contributed by atoms with E-state index < -0.39 is 11.4 Å². The Kier molecular flexibility index (Phi) is 4.99. The maximum Gasteiger partial charge on any atom is 0.305 e. The first kappa shape index (κ1) is 13.5. The van der Waals surface area contributed by atoms with E-state index in [9.17, 15) is 4.21 Å². The predicted molar refractivity (Wildman–Crippen MR) is 71.5 cm³/mol. The van der Waals surface area contributed by atoms with E-state index in [0.717, 1.165) is 12.0 Å². The Hall–Kier alpha value is 0.0600. The monoisotopic (exact) mass is 338 g/mol. The Morgan fingerprint density at radius 3 is 3.00 bits per heavy atom. The van der Waals surface area contributed by atoms with Gasteiger partial charge in [-0.05, 0) is 17.5 Å². The van der Waals surface area contributed by atoms with Crippen molar-refractivity contribution < 1.29 is 12.6 Å². The summed E-state index contributed by atoms with van der Waals surface area (Å²) in [4.78, 5) is 0.128. The highest BCUT2D eigenvalue weighted by Gasteiger charge is 2.33. The van der Waals surface area contributed by atoms with Gasteiger partial charge in [0.25, 0.3) is 0 Å². The molecule has 17 heavy (non-hydrogen) atoms. The smallest absolute Gasteiger partial charge is 0.267 e. The molecule has 0 fully saturated rings. The molecular weight excluding hydrogens is 328 g/mol. The van der Waals surface area contributed by atoms with E-state index in [4.69, 9.17) is 20.0 Å². The molecule has 0 N–H and O–H groups in total. The average Bonchev–Trinajstić information content (AvgIpc) is 2.64. The molecule has 0 saturated carbocycles. The summed E-state index contributed by atoms with van der Waals surface area (Å²) in [5.74, 6) is 0.300. The summed E-state index contributed by atoms with van der Waals surface area (Å²) in [6, 6.07) is 7.97. The molecule has 1 aliphatic carbocycles. The molecule has 0 heterocycles. The van der Waals surface area contributed by atoms with E-state index in [1.54, 1.807) is 0 Å². The first-order chi connectivity index (χ1) is 8.22. The second-order valence-electron chi connectivity index (χ2n) is 3.65. The van der Waals surface area contributed by atoms with Crippen molar-refractivity contribution in [3.63, 3.8) is 0 Å². The van der Waals surface area contributed by atoms with Crippen molar-refractivity contribution in [2.75, 3.05) is 12.5 Å². The van der Waals surface area contributed by atoms with Gasteiger partial charge in [-0.3, -0.25) is 8.37 Å². The number of alkyl halides is 2. The van der Waals surface area contributed by atoms with Crippen molar-refractivity contribution in [3.8, 4) is 0 Å². The van der Waals surface area contributed by atoms with E-state index in [1.807, 2.05) is 18.2 Å². The number of fused-ring (bicyclic) bond motifs is 1. The summed E-state index contributed by atoms with van der Waals surface area (Å²) in [7, 11) is 0. The zero-order chi connectivity index (χ0) is 12.3. The molecule has 0 spiro atoms. The standard InChI is InChI=1S/C11H12BrClO3S/c12-10-7-8-3-1-2-4-9(8)11(10)16-17(14)15-6-5-13/h1-4,10-11H,5-7H2. The van der Waals surface area contributed by atoms with Crippen molar-refractivity contribution in [2.24, 2.45) is 0 Å². The van der Waals surface area contributed by atoms with Crippen LogP contribution in [0.4, 0.5) is 0 Å². The van der Waals surface area contributed by atoms with Crippen LogP contribution in [-0.2, 0) is 26.1 Å². The Balaban J connectivity index is 2.04. The zero-order valence-electron chi connectivity index (χ0n) is 8.97. The Bertz CT molecular complexity index is 415. The third kappa shape index (κ3) is 3.29. The third-order valence-corrected chi connectivity index (χ3v) is 4.23. The second-order valence-corrected chi connectivity index (χ2v) is 6.04. The van der Waals surface area contributed by atoms with Gasteiger partial charge in [-0.2, -0.15) is 4.21 Å². The summed E-state index contributed by atoms with van der Waals surface area (Å²) in [6.07, 6.45) is 0.635. The lowest BCUT2D eigenvalue weighted by atomic mass is 10.1. The summed E-state index contributed by atoms with van der Waals surface area (Å²) < 4.78 is 21.8. The van der Waals surface area contributed by atoms with Gasteiger partial charge in [-0.1, -0.05) is 40.2 Å². The molecule has 3 unspecified atom stereocenters. The quantitative estimate of drug-likeness (QED) is 0.774. The molecule has 0 saturated heterocycles. The van der Waals surface area contributed by atoms with Gasteiger partial charge in [0.2, 0.25) is 0 Å². The molecular formula is C11H12BrClO3S. The van der Waals surface area contributed by atoms with Gasteiger partial charge in [-0.15, -0.1) is 11.6 Å². The lowest BCUT2D eigenvalue weighted by Crippen LogP contribution is -2.14. The average molecular weight is 340 g/mol. The third-order valence-electron chi connectivity index (χ3n) is 2.54. The lowest BCUT2D eigenvalue weighted by molar-refractivity contribution is 0.194. The maximum atomic E-state index is 11.5. The number of halogens is 2. The van der Waals surface area contributed by atoms with Crippen LogP contribution in [-0.4, -0.2) is 21.5 Å².